The molecule has 0 radical (unpaired) electrons. The van der Waals surface area contributed by atoms with E-state index in [1.807, 2.05) is 18.2 Å². The number of benzene rings is 1. The highest BCUT2D eigenvalue weighted by atomic mass is 32.2. The first-order valence-electron chi connectivity index (χ1n) is 10.1. The van der Waals surface area contributed by atoms with Crippen LogP contribution in [0.3, 0.4) is 0 Å². The SMILES string of the molecule is O=C1C2CC(NS(=O)(=O)Cc3ccccc3)CCN2C(=O)N1C1CCCCC1. The summed E-state index contributed by atoms with van der Waals surface area (Å²) in [5.74, 6) is -0.233. The molecule has 3 aliphatic rings. The Bertz CT molecular complexity index is 836. The van der Waals surface area contributed by atoms with Gasteiger partial charge in [0.2, 0.25) is 10.0 Å². The van der Waals surface area contributed by atoms with Crippen LogP contribution in [0.5, 0.6) is 0 Å². The van der Waals surface area contributed by atoms with Crippen molar-refractivity contribution in [3.05, 3.63) is 35.9 Å². The Morgan fingerprint density at radius 2 is 1.71 bits per heavy atom. The molecule has 0 spiro atoms. The Morgan fingerprint density at radius 3 is 2.43 bits per heavy atom. The van der Waals surface area contributed by atoms with Crippen molar-refractivity contribution in [2.24, 2.45) is 0 Å². The minimum atomic E-state index is -3.51. The maximum atomic E-state index is 12.9. The molecular formula is C20H27N3O4S. The number of rotatable bonds is 5. The fourth-order valence-corrected chi connectivity index (χ4v) is 6.13. The zero-order valence-electron chi connectivity index (χ0n) is 15.9. The number of fused-ring (bicyclic) bond motifs is 1. The van der Waals surface area contributed by atoms with Gasteiger partial charge in [-0.15, -0.1) is 0 Å². The number of nitrogens with one attached hydrogen (secondary N) is 1. The molecule has 0 aromatic heterocycles. The monoisotopic (exact) mass is 405 g/mol. The molecule has 152 valence electrons. The van der Waals surface area contributed by atoms with Crippen LogP contribution in [-0.2, 0) is 20.6 Å². The number of urea groups is 1. The summed E-state index contributed by atoms with van der Waals surface area (Å²) in [5.41, 5.74) is 0.725. The van der Waals surface area contributed by atoms with Crippen LogP contribution < -0.4 is 4.72 Å². The number of nitrogens with zero attached hydrogens (tertiary/aromatic N) is 2. The maximum absolute atomic E-state index is 12.9. The van der Waals surface area contributed by atoms with Crippen molar-refractivity contribution >= 4 is 22.0 Å². The van der Waals surface area contributed by atoms with Crippen LogP contribution in [0, 0.1) is 0 Å². The number of hydrogen-bond acceptors (Lipinski definition) is 4. The normalized spacial score (nSPS) is 26.6. The lowest BCUT2D eigenvalue weighted by atomic mass is 9.94. The van der Waals surface area contributed by atoms with Gasteiger partial charge in [0, 0.05) is 18.6 Å². The second-order valence-corrected chi connectivity index (χ2v) is 9.83. The number of carbonyl (C=O) groups is 2. The molecule has 1 N–H and O–H groups in total. The Balaban J connectivity index is 1.41. The van der Waals surface area contributed by atoms with E-state index in [1.165, 1.54) is 4.90 Å². The van der Waals surface area contributed by atoms with Gasteiger partial charge in [0.15, 0.2) is 0 Å². The molecule has 1 aliphatic carbocycles. The molecule has 3 fully saturated rings. The molecule has 8 heteroatoms. The van der Waals surface area contributed by atoms with Crippen molar-refractivity contribution in [3.8, 4) is 0 Å². The van der Waals surface area contributed by atoms with E-state index in [4.69, 9.17) is 0 Å². The van der Waals surface area contributed by atoms with E-state index in [2.05, 4.69) is 4.72 Å². The third-order valence-electron chi connectivity index (χ3n) is 6.06. The minimum absolute atomic E-state index is 0.00701. The maximum Gasteiger partial charge on any atom is 0.327 e. The largest absolute Gasteiger partial charge is 0.327 e. The Labute approximate surface area is 166 Å². The Hall–Kier alpha value is -1.93. The van der Waals surface area contributed by atoms with Gasteiger partial charge in [-0.05, 0) is 31.2 Å². The Kier molecular flexibility index (Phi) is 5.42. The first-order valence-corrected chi connectivity index (χ1v) is 11.8. The average molecular weight is 406 g/mol. The quantitative estimate of drug-likeness (QED) is 0.761. The van der Waals surface area contributed by atoms with Crippen molar-refractivity contribution in [2.45, 2.75) is 68.8 Å². The number of hydrogen-bond donors (Lipinski definition) is 1. The zero-order valence-corrected chi connectivity index (χ0v) is 16.7. The molecule has 2 unspecified atom stereocenters. The number of imide groups is 1. The van der Waals surface area contributed by atoms with Gasteiger partial charge in [-0.25, -0.2) is 17.9 Å². The van der Waals surface area contributed by atoms with E-state index in [-0.39, 0.29) is 29.8 Å². The van der Waals surface area contributed by atoms with Crippen LogP contribution in [0.15, 0.2) is 30.3 Å². The number of piperidine rings is 1. The minimum Gasteiger partial charge on any atom is -0.312 e. The summed E-state index contributed by atoms with van der Waals surface area (Å²) < 4.78 is 27.8. The van der Waals surface area contributed by atoms with Crippen LogP contribution in [0.1, 0.15) is 50.5 Å². The van der Waals surface area contributed by atoms with E-state index in [0.29, 0.717) is 19.4 Å². The van der Waals surface area contributed by atoms with Gasteiger partial charge < -0.3 is 4.90 Å². The predicted octanol–water partition coefficient (Wildman–Crippen LogP) is 2.23. The number of amides is 3. The average Bonchev–Trinajstić information content (AvgIpc) is 2.92. The standard InChI is InChI=1S/C20H27N3O4S/c24-19-18-13-16(21-28(26,27)14-15-7-3-1-4-8-15)11-12-22(18)20(25)23(19)17-9-5-2-6-10-17/h1,3-4,7-8,16-18,21H,2,5-6,9-14H2. The van der Waals surface area contributed by atoms with Gasteiger partial charge in [0.25, 0.3) is 5.91 Å². The second-order valence-electron chi connectivity index (χ2n) is 8.08. The van der Waals surface area contributed by atoms with Crippen LogP contribution in [0.2, 0.25) is 0 Å². The molecule has 7 nitrogen and oxygen atoms in total. The molecule has 4 rings (SSSR count). The first kappa shape index (κ1) is 19.4. The van der Waals surface area contributed by atoms with Crippen molar-refractivity contribution in [1.29, 1.82) is 0 Å². The highest BCUT2D eigenvalue weighted by Crippen LogP contribution is 2.32. The van der Waals surface area contributed by atoms with Crippen LogP contribution in [-0.4, -0.2) is 54.8 Å². The van der Waals surface area contributed by atoms with Crippen molar-refractivity contribution in [3.63, 3.8) is 0 Å². The summed E-state index contributed by atoms with van der Waals surface area (Å²) in [6.45, 7) is 0.414. The van der Waals surface area contributed by atoms with E-state index in [9.17, 15) is 18.0 Å². The molecule has 3 amide bonds. The predicted molar refractivity (Wildman–Crippen MR) is 105 cm³/mol. The lowest BCUT2D eigenvalue weighted by molar-refractivity contribution is -0.130. The third-order valence-corrected chi connectivity index (χ3v) is 7.47. The van der Waals surface area contributed by atoms with Gasteiger partial charge in [0.05, 0.1) is 5.75 Å². The molecule has 2 aliphatic heterocycles. The van der Waals surface area contributed by atoms with Gasteiger partial charge in [-0.1, -0.05) is 49.6 Å². The molecule has 2 heterocycles. The summed E-state index contributed by atoms with van der Waals surface area (Å²) >= 11 is 0. The lowest BCUT2D eigenvalue weighted by Gasteiger charge is -2.32. The van der Waals surface area contributed by atoms with E-state index in [0.717, 1.165) is 37.7 Å². The second kappa shape index (κ2) is 7.83. The summed E-state index contributed by atoms with van der Waals surface area (Å²) in [6.07, 6.45) is 5.90. The zero-order chi connectivity index (χ0) is 19.7. The number of carbonyl (C=O) groups excluding carboxylic acids is 2. The van der Waals surface area contributed by atoms with E-state index >= 15 is 0 Å². The van der Waals surface area contributed by atoms with Crippen LogP contribution >= 0.6 is 0 Å². The van der Waals surface area contributed by atoms with Crippen LogP contribution in [0.4, 0.5) is 4.79 Å². The van der Waals surface area contributed by atoms with E-state index in [1.54, 1.807) is 17.0 Å². The summed E-state index contributed by atoms with van der Waals surface area (Å²) in [4.78, 5) is 28.8. The first-order chi connectivity index (χ1) is 13.4. The highest BCUT2D eigenvalue weighted by Gasteiger charge is 2.50. The topological polar surface area (TPSA) is 86.8 Å². The van der Waals surface area contributed by atoms with Gasteiger partial charge in [0.1, 0.15) is 6.04 Å². The molecule has 1 saturated carbocycles. The summed E-state index contributed by atoms with van der Waals surface area (Å²) in [7, 11) is -3.51. The fraction of sp³-hybridized carbons (Fsp3) is 0.600. The van der Waals surface area contributed by atoms with Crippen LogP contribution in [0.25, 0.3) is 0 Å². The molecule has 2 atom stereocenters. The summed E-state index contributed by atoms with van der Waals surface area (Å²) in [6, 6.07) is 8.00. The molecular weight excluding hydrogens is 378 g/mol. The highest BCUT2D eigenvalue weighted by molar-refractivity contribution is 7.88. The molecule has 1 aromatic rings. The van der Waals surface area contributed by atoms with Crippen molar-refractivity contribution in [1.82, 2.24) is 14.5 Å². The smallest absolute Gasteiger partial charge is 0.312 e. The lowest BCUT2D eigenvalue weighted by Crippen LogP contribution is -2.49. The summed E-state index contributed by atoms with van der Waals surface area (Å²) in [5, 5.41) is 0. The van der Waals surface area contributed by atoms with Gasteiger partial charge in [-0.3, -0.25) is 9.69 Å². The van der Waals surface area contributed by atoms with Gasteiger partial charge >= 0.3 is 6.03 Å². The fourth-order valence-electron chi connectivity index (χ4n) is 4.69. The molecule has 28 heavy (non-hydrogen) atoms. The molecule has 2 saturated heterocycles. The van der Waals surface area contributed by atoms with Crippen molar-refractivity contribution < 1.29 is 18.0 Å². The van der Waals surface area contributed by atoms with Gasteiger partial charge in [-0.2, -0.15) is 0 Å². The van der Waals surface area contributed by atoms with Crippen molar-refractivity contribution in [2.75, 3.05) is 6.54 Å². The molecule has 1 aromatic carbocycles. The third kappa shape index (κ3) is 3.93. The number of sulfonamides is 1. The van der Waals surface area contributed by atoms with E-state index < -0.39 is 16.1 Å². The Morgan fingerprint density at radius 1 is 1.00 bits per heavy atom. The molecule has 0 bridgehead atoms.